The Morgan fingerprint density at radius 1 is 0.636 bits per heavy atom. The van der Waals surface area contributed by atoms with Crippen LogP contribution in [0.15, 0.2) is 143 Å². The SMILES string of the molecule is COc1ccc(C2=NN(c3ccc(/C=C/c4ccc(-c5nnc(-c6ccccc6)o5)cc4)cc3)[C@@H](c3ccccc3)C2)cc1. The van der Waals surface area contributed by atoms with Gasteiger partial charge in [-0.05, 0) is 82.9 Å². The van der Waals surface area contributed by atoms with Crippen LogP contribution in [0, 0.1) is 0 Å². The first-order chi connectivity index (χ1) is 21.7. The molecule has 0 fully saturated rings. The normalized spacial score (nSPS) is 14.6. The molecule has 0 bridgehead atoms. The Bertz CT molecular complexity index is 1900. The molecule has 0 aliphatic carbocycles. The largest absolute Gasteiger partial charge is 0.497 e. The summed E-state index contributed by atoms with van der Waals surface area (Å²) in [6.07, 6.45) is 5.04. The summed E-state index contributed by atoms with van der Waals surface area (Å²) < 4.78 is 11.2. The average Bonchev–Trinajstić information content (AvgIpc) is 3.78. The molecule has 0 amide bonds. The van der Waals surface area contributed by atoms with Gasteiger partial charge in [-0.15, -0.1) is 10.2 Å². The Labute approximate surface area is 256 Å². The van der Waals surface area contributed by atoms with Gasteiger partial charge in [-0.1, -0.05) is 84.9 Å². The first kappa shape index (κ1) is 27.1. The molecule has 2 heterocycles. The van der Waals surface area contributed by atoms with E-state index in [4.69, 9.17) is 14.3 Å². The maximum absolute atomic E-state index is 5.90. The minimum atomic E-state index is 0.121. The molecule has 0 N–H and O–H groups in total. The predicted molar refractivity (Wildman–Crippen MR) is 176 cm³/mol. The smallest absolute Gasteiger partial charge is 0.248 e. The highest BCUT2D eigenvalue weighted by Gasteiger charge is 2.29. The summed E-state index contributed by atoms with van der Waals surface area (Å²) in [5.74, 6) is 1.86. The van der Waals surface area contributed by atoms with Crippen molar-refractivity contribution in [3.63, 3.8) is 0 Å². The average molecular weight is 575 g/mol. The van der Waals surface area contributed by atoms with Crippen LogP contribution in [0.2, 0.25) is 0 Å². The predicted octanol–water partition coefficient (Wildman–Crippen LogP) is 8.94. The molecule has 0 unspecified atom stereocenters. The van der Waals surface area contributed by atoms with E-state index in [-0.39, 0.29) is 6.04 Å². The van der Waals surface area contributed by atoms with Crippen LogP contribution < -0.4 is 9.75 Å². The van der Waals surface area contributed by atoms with E-state index in [1.165, 1.54) is 5.56 Å². The molecule has 44 heavy (non-hydrogen) atoms. The second kappa shape index (κ2) is 12.2. The third kappa shape index (κ3) is 5.78. The van der Waals surface area contributed by atoms with Crippen LogP contribution in [0.5, 0.6) is 5.75 Å². The van der Waals surface area contributed by atoms with Crippen molar-refractivity contribution in [3.05, 3.63) is 156 Å². The summed E-state index contributed by atoms with van der Waals surface area (Å²) in [4.78, 5) is 0. The lowest BCUT2D eigenvalue weighted by molar-refractivity contribution is 0.415. The third-order valence-corrected chi connectivity index (χ3v) is 7.75. The van der Waals surface area contributed by atoms with Crippen molar-refractivity contribution in [2.75, 3.05) is 12.1 Å². The number of rotatable bonds is 8. The molecule has 6 aromatic rings. The third-order valence-electron chi connectivity index (χ3n) is 7.75. The van der Waals surface area contributed by atoms with E-state index in [2.05, 4.69) is 106 Å². The van der Waals surface area contributed by atoms with Gasteiger partial charge >= 0.3 is 0 Å². The maximum Gasteiger partial charge on any atom is 0.248 e. The molecule has 1 aliphatic rings. The molecule has 0 spiro atoms. The summed E-state index contributed by atoms with van der Waals surface area (Å²) >= 11 is 0. The zero-order valence-electron chi connectivity index (χ0n) is 24.2. The van der Waals surface area contributed by atoms with E-state index in [9.17, 15) is 0 Å². The number of nitrogens with zero attached hydrogens (tertiary/aromatic N) is 4. The standard InChI is InChI=1S/C38H30N4O2/c1-43-34-24-20-29(21-25-34)35-26-36(30-8-4-2-5-9-30)42(41-35)33-22-16-28(17-23-33)13-12-27-14-18-32(19-15-27)38-40-39-37(44-38)31-10-6-3-7-11-31/h2-25,36H,26H2,1H3/b13-12+/t36-/m1/s1. The van der Waals surface area contributed by atoms with Crippen LogP contribution in [-0.2, 0) is 0 Å². The van der Waals surface area contributed by atoms with E-state index in [1.807, 2.05) is 54.6 Å². The lowest BCUT2D eigenvalue weighted by atomic mass is 9.98. The van der Waals surface area contributed by atoms with Crippen molar-refractivity contribution in [3.8, 4) is 28.7 Å². The number of hydrogen-bond donors (Lipinski definition) is 0. The molecule has 7 rings (SSSR count). The van der Waals surface area contributed by atoms with Gasteiger partial charge in [-0.25, -0.2) is 0 Å². The Morgan fingerprint density at radius 2 is 1.18 bits per heavy atom. The Kier molecular flexibility index (Phi) is 7.54. The number of aromatic nitrogens is 2. The summed E-state index contributed by atoms with van der Waals surface area (Å²) in [6, 6.07) is 45.2. The first-order valence-corrected chi connectivity index (χ1v) is 14.6. The van der Waals surface area contributed by atoms with E-state index in [0.717, 1.165) is 51.4 Å². The number of ether oxygens (including phenoxy) is 1. The van der Waals surface area contributed by atoms with Crippen LogP contribution in [0.4, 0.5) is 5.69 Å². The molecule has 6 nitrogen and oxygen atoms in total. The molecular formula is C38H30N4O2. The molecule has 0 radical (unpaired) electrons. The van der Waals surface area contributed by atoms with E-state index in [0.29, 0.717) is 11.8 Å². The van der Waals surface area contributed by atoms with Gasteiger partial charge in [0.05, 0.1) is 24.6 Å². The second-order valence-corrected chi connectivity index (χ2v) is 10.6. The van der Waals surface area contributed by atoms with Crippen LogP contribution in [0.3, 0.4) is 0 Å². The Hall–Kier alpha value is -5.75. The summed E-state index contributed by atoms with van der Waals surface area (Å²) in [6.45, 7) is 0. The molecule has 1 aromatic heterocycles. The zero-order valence-corrected chi connectivity index (χ0v) is 24.2. The van der Waals surface area contributed by atoms with Gasteiger partial charge < -0.3 is 9.15 Å². The second-order valence-electron chi connectivity index (χ2n) is 10.6. The van der Waals surface area contributed by atoms with Gasteiger partial charge in [0.1, 0.15) is 5.75 Å². The molecule has 214 valence electrons. The highest BCUT2D eigenvalue weighted by molar-refractivity contribution is 6.03. The summed E-state index contributed by atoms with van der Waals surface area (Å²) in [5.41, 5.74) is 8.44. The van der Waals surface area contributed by atoms with E-state index < -0.39 is 0 Å². The molecule has 5 aromatic carbocycles. The van der Waals surface area contributed by atoms with Crippen molar-refractivity contribution in [2.45, 2.75) is 12.5 Å². The van der Waals surface area contributed by atoms with Crippen LogP contribution in [0.1, 0.15) is 34.7 Å². The molecule has 1 aliphatic heterocycles. The van der Waals surface area contributed by atoms with Gasteiger partial charge in [0.2, 0.25) is 11.8 Å². The van der Waals surface area contributed by atoms with Gasteiger partial charge in [0.15, 0.2) is 0 Å². The maximum atomic E-state index is 5.90. The highest BCUT2D eigenvalue weighted by atomic mass is 16.5. The summed E-state index contributed by atoms with van der Waals surface area (Å²) in [7, 11) is 1.68. The lowest BCUT2D eigenvalue weighted by Crippen LogP contribution is -2.18. The molecule has 0 saturated heterocycles. The molecule has 6 heteroatoms. The monoisotopic (exact) mass is 574 g/mol. The van der Waals surface area contributed by atoms with Gasteiger partial charge in [-0.2, -0.15) is 5.10 Å². The van der Waals surface area contributed by atoms with Crippen LogP contribution in [-0.4, -0.2) is 23.0 Å². The fourth-order valence-electron chi connectivity index (χ4n) is 5.35. The van der Waals surface area contributed by atoms with Crippen molar-refractivity contribution >= 4 is 23.6 Å². The van der Waals surface area contributed by atoms with E-state index >= 15 is 0 Å². The molecular weight excluding hydrogens is 544 g/mol. The van der Waals surface area contributed by atoms with Gasteiger partial charge in [0, 0.05) is 17.5 Å². The molecule has 1 atom stereocenters. The number of hydrogen-bond acceptors (Lipinski definition) is 6. The summed E-state index contributed by atoms with van der Waals surface area (Å²) in [5, 5.41) is 15.7. The lowest BCUT2D eigenvalue weighted by Gasteiger charge is -2.24. The van der Waals surface area contributed by atoms with Crippen molar-refractivity contribution < 1.29 is 9.15 Å². The van der Waals surface area contributed by atoms with Crippen LogP contribution >= 0.6 is 0 Å². The number of hydrazone groups is 1. The van der Waals surface area contributed by atoms with Crippen LogP contribution in [0.25, 0.3) is 35.1 Å². The quantitative estimate of drug-likeness (QED) is 0.170. The highest BCUT2D eigenvalue weighted by Crippen LogP contribution is 2.37. The molecule has 0 saturated carbocycles. The van der Waals surface area contributed by atoms with Gasteiger partial charge in [-0.3, -0.25) is 5.01 Å². The number of anilines is 1. The Balaban J connectivity index is 1.07. The zero-order chi connectivity index (χ0) is 29.7. The van der Waals surface area contributed by atoms with Crippen molar-refractivity contribution in [2.24, 2.45) is 5.10 Å². The minimum Gasteiger partial charge on any atom is -0.497 e. The number of benzene rings is 5. The van der Waals surface area contributed by atoms with Crippen molar-refractivity contribution in [1.29, 1.82) is 0 Å². The van der Waals surface area contributed by atoms with E-state index in [1.54, 1.807) is 7.11 Å². The fourth-order valence-corrected chi connectivity index (χ4v) is 5.35. The number of methoxy groups -OCH3 is 1. The Morgan fingerprint density at radius 3 is 1.80 bits per heavy atom. The van der Waals surface area contributed by atoms with Crippen molar-refractivity contribution in [1.82, 2.24) is 10.2 Å². The minimum absolute atomic E-state index is 0.121. The van der Waals surface area contributed by atoms with Gasteiger partial charge in [0.25, 0.3) is 0 Å². The fraction of sp³-hybridized carbons (Fsp3) is 0.0789. The topological polar surface area (TPSA) is 63.8 Å². The first-order valence-electron chi connectivity index (χ1n) is 14.6.